The van der Waals surface area contributed by atoms with Crippen molar-refractivity contribution in [2.45, 2.75) is 70.1 Å². The molecule has 0 aliphatic carbocycles. The van der Waals surface area contributed by atoms with Crippen LogP contribution in [0.3, 0.4) is 0 Å². The highest BCUT2D eigenvalue weighted by Crippen LogP contribution is 2.20. The highest BCUT2D eigenvalue weighted by molar-refractivity contribution is 5.96. The molecule has 4 unspecified atom stereocenters. The molecule has 1 fully saturated rings. The predicted octanol–water partition coefficient (Wildman–Crippen LogP) is -3.06. The van der Waals surface area contributed by atoms with Crippen LogP contribution in [0, 0.1) is 5.92 Å². The summed E-state index contributed by atoms with van der Waals surface area (Å²) in [5.41, 5.74) is 21.6. The van der Waals surface area contributed by atoms with Crippen molar-refractivity contribution in [3.63, 3.8) is 0 Å². The number of carboxylic acids is 1. The van der Waals surface area contributed by atoms with E-state index in [4.69, 9.17) is 22.9 Å². The fourth-order valence-corrected chi connectivity index (χ4v) is 3.49. The van der Waals surface area contributed by atoms with Gasteiger partial charge >= 0.3 is 5.97 Å². The van der Waals surface area contributed by atoms with Gasteiger partial charge in [0, 0.05) is 13.1 Å². The van der Waals surface area contributed by atoms with Crippen LogP contribution in [0.25, 0.3) is 0 Å². The molecule has 0 aromatic heterocycles. The smallest absolute Gasteiger partial charge is 0.326 e. The molecule has 1 saturated heterocycles. The zero-order chi connectivity index (χ0) is 26.0. The lowest BCUT2D eigenvalue weighted by molar-refractivity contribution is -0.143. The number of carbonyl (C=O) groups excluding carboxylic acids is 4. The van der Waals surface area contributed by atoms with Gasteiger partial charge in [-0.15, -0.1) is 0 Å². The molecule has 0 bridgehead atoms. The number of aliphatic carboxylic acids is 1. The lowest BCUT2D eigenvalue weighted by atomic mass is 10.0. The van der Waals surface area contributed by atoms with Crippen molar-refractivity contribution in [2.24, 2.45) is 33.8 Å². The van der Waals surface area contributed by atoms with Gasteiger partial charge in [0.05, 0.1) is 12.5 Å². The monoisotopic (exact) mass is 484 g/mol. The maximum absolute atomic E-state index is 12.9. The molecule has 14 heteroatoms. The third-order valence-electron chi connectivity index (χ3n) is 5.44. The number of hydrogen-bond acceptors (Lipinski definition) is 7. The molecule has 1 heterocycles. The Bertz CT molecular complexity index is 798. The Morgan fingerprint density at radius 1 is 1.09 bits per heavy atom. The molecule has 1 rings (SSSR count). The first-order chi connectivity index (χ1) is 15.8. The summed E-state index contributed by atoms with van der Waals surface area (Å²) >= 11 is 0. The van der Waals surface area contributed by atoms with Crippen LogP contribution in [0.4, 0.5) is 0 Å². The number of nitrogens with two attached hydrogens (primary N) is 4. The van der Waals surface area contributed by atoms with Crippen LogP contribution in [0.1, 0.15) is 46.0 Å². The van der Waals surface area contributed by atoms with Crippen molar-refractivity contribution in [3.8, 4) is 0 Å². The van der Waals surface area contributed by atoms with Crippen LogP contribution < -0.4 is 33.6 Å². The van der Waals surface area contributed by atoms with Crippen molar-refractivity contribution in [2.75, 3.05) is 13.1 Å². The Kier molecular flexibility index (Phi) is 11.2. The number of primary amides is 1. The van der Waals surface area contributed by atoms with E-state index in [9.17, 15) is 29.1 Å². The molecule has 0 spiro atoms. The highest BCUT2D eigenvalue weighted by atomic mass is 16.4. The Morgan fingerprint density at radius 3 is 2.26 bits per heavy atom. The van der Waals surface area contributed by atoms with Crippen LogP contribution in [-0.2, 0) is 24.0 Å². The molecule has 4 amide bonds. The SMILES string of the molecule is CC(C)C(N)C(=O)N1CCCC1C(=O)NC(CC(N)=O)C(=O)NC(CCCN=C(N)N)C(=O)O. The number of carbonyl (C=O) groups is 5. The summed E-state index contributed by atoms with van der Waals surface area (Å²) in [5, 5.41) is 14.1. The molecule has 11 N–H and O–H groups in total. The summed E-state index contributed by atoms with van der Waals surface area (Å²) in [6.45, 7) is 4.07. The average Bonchev–Trinajstić information content (AvgIpc) is 3.23. The molecule has 34 heavy (non-hydrogen) atoms. The Balaban J connectivity index is 2.89. The van der Waals surface area contributed by atoms with Gasteiger partial charge in [-0.3, -0.25) is 24.2 Å². The van der Waals surface area contributed by atoms with Crippen molar-refractivity contribution >= 4 is 35.6 Å². The second-order valence-electron chi connectivity index (χ2n) is 8.54. The van der Waals surface area contributed by atoms with Crippen LogP contribution in [0.5, 0.6) is 0 Å². The summed E-state index contributed by atoms with van der Waals surface area (Å²) < 4.78 is 0. The number of hydrogen-bond donors (Lipinski definition) is 7. The van der Waals surface area contributed by atoms with Gasteiger partial charge < -0.3 is 43.6 Å². The van der Waals surface area contributed by atoms with E-state index < -0.39 is 54.3 Å². The number of nitrogens with one attached hydrogen (secondary N) is 2. The minimum atomic E-state index is -1.42. The van der Waals surface area contributed by atoms with Gasteiger partial charge in [-0.05, 0) is 31.6 Å². The second kappa shape index (κ2) is 13.3. The lowest BCUT2D eigenvalue weighted by Gasteiger charge is -2.29. The largest absolute Gasteiger partial charge is 0.480 e. The zero-order valence-corrected chi connectivity index (χ0v) is 19.5. The van der Waals surface area contributed by atoms with Gasteiger partial charge in [-0.1, -0.05) is 13.8 Å². The first-order valence-corrected chi connectivity index (χ1v) is 11.1. The fourth-order valence-electron chi connectivity index (χ4n) is 3.49. The number of nitrogens with zero attached hydrogens (tertiary/aromatic N) is 2. The van der Waals surface area contributed by atoms with E-state index in [1.54, 1.807) is 13.8 Å². The number of carboxylic acid groups (broad SMARTS) is 1. The molecule has 0 saturated carbocycles. The lowest BCUT2D eigenvalue weighted by Crippen LogP contribution is -2.57. The van der Waals surface area contributed by atoms with Gasteiger partial charge in [0.2, 0.25) is 23.6 Å². The van der Waals surface area contributed by atoms with E-state index in [-0.39, 0.29) is 37.2 Å². The van der Waals surface area contributed by atoms with Crippen LogP contribution >= 0.6 is 0 Å². The molecular weight excluding hydrogens is 448 g/mol. The van der Waals surface area contributed by atoms with Gasteiger partial charge in [-0.2, -0.15) is 0 Å². The predicted molar refractivity (Wildman–Crippen MR) is 123 cm³/mol. The molecule has 14 nitrogen and oxygen atoms in total. The van der Waals surface area contributed by atoms with Gasteiger partial charge in [0.25, 0.3) is 0 Å². The molecule has 0 radical (unpaired) electrons. The van der Waals surface area contributed by atoms with Crippen LogP contribution in [0.15, 0.2) is 4.99 Å². The Hall–Kier alpha value is -3.42. The Labute approximate surface area is 197 Å². The maximum Gasteiger partial charge on any atom is 0.326 e. The van der Waals surface area contributed by atoms with Gasteiger partial charge in [0.15, 0.2) is 5.96 Å². The molecule has 4 atom stereocenters. The standard InChI is InChI=1S/C20H36N8O6/c1-10(2)15(22)18(32)28-8-4-6-13(28)17(31)27-12(9-14(21)29)16(30)26-11(19(33)34)5-3-7-25-20(23)24/h10-13,15H,3-9,22H2,1-2H3,(H2,21,29)(H,26,30)(H,27,31)(H,33,34)(H4,23,24,25). The summed E-state index contributed by atoms with van der Waals surface area (Å²) in [6.07, 6.45) is 0.641. The fraction of sp³-hybridized carbons (Fsp3) is 0.700. The van der Waals surface area contributed by atoms with E-state index in [1.165, 1.54) is 4.90 Å². The normalized spacial score (nSPS) is 18.0. The maximum atomic E-state index is 12.9. The molecular formula is C20H36N8O6. The van der Waals surface area contributed by atoms with Crippen LogP contribution in [0.2, 0.25) is 0 Å². The van der Waals surface area contributed by atoms with E-state index in [1.807, 2.05) is 0 Å². The number of rotatable bonds is 13. The summed E-state index contributed by atoms with van der Waals surface area (Å²) in [4.78, 5) is 66.5. The quantitative estimate of drug-likeness (QED) is 0.0795. The third kappa shape index (κ3) is 8.84. The zero-order valence-electron chi connectivity index (χ0n) is 19.5. The summed E-state index contributed by atoms with van der Waals surface area (Å²) in [5.74, 6) is -4.38. The average molecular weight is 485 g/mol. The summed E-state index contributed by atoms with van der Waals surface area (Å²) in [6, 6.07) is -4.37. The van der Waals surface area contributed by atoms with Gasteiger partial charge in [-0.25, -0.2) is 4.79 Å². The summed E-state index contributed by atoms with van der Waals surface area (Å²) in [7, 11) is 0. The van der Waals surface area contributed by atoms with Crippen molar-refractivity contribution in [1.82, 2.24) is 15.5 Å². The molecule has 0 aromatic carbocycles. The van der Waals surface area contributed by atoms with Crippen LogP contribution in [-0.4, -0.2) is 82.8 Å². The van der Waals surface area contributed by atoms with E-state index in [0.717, 1.165) is 0 Å². The minimum Gasteiger partial charge on any atom is -0.480 e. The topological polar surface area (TPSA) is 249 Å². The van der Waals surface area contributed by atoms with Gasteiger partial charge in [0.1, 0.15) is 18.1 Å². The molecule has 192 valence electrons. The minimum absolute atomic E-state index is 0.00703. The van der Waals surface area contributed by atoms with E-state index >= 15 is 0 Å². The first-order valence-electron chi connectivity index (χ1n) is 11.1. The molecule has 0 aromatic rings. The third-order valence-corrected chi connectivity index (χ3v) is 5.44. The van der Waals surface area contributed by atoms with E-state index in [2.05, 4.69) is 15.6 Å². The first kappa shape index (κ1) is 28.6. The number of aliphatic imine (C=N–C) groups is 1. The Morgan fingerprint density at radius 2 is 1.74 bits per heavy atom. The van der Waals surface area contributed by atoms with Crippen molar-refractivity contribution in [1.29, 1.82) is 0 Å². The second-order valence-corrected chi connectivity index (χ2v) is 8.54. The molecule has 1 aliphatic heterocycles. The number of likely N-dealkylation sites (tertiary alicyclic amines) is 1. The van der Waals surface area contributed by atoms with E-state index in [0.29, 0.717) is 19.4 Å². The number of guanidine groups is 1. The highest BCUT2D eigenvalue weighted by Gasteiger charge is 2.38. The van der Waals surface area contributed by atoms with Crippen molar-refractivity contribution < 1.29 is 29.1 Å². The number of amides is 4. The van der Waals surface area contributed by atoms with Crippen molar-refractivity contribution in [3.05, 3.63) is 0 Å². The molecule has 1 aliphatic rings.